The summed E-state index contributed by atoms with van der Waals surface area (Å²) in [6.45, 7) is 0. The first-order chi connectivity index (χ1) is 9.83. The number of H-pyrrole nitrogens is 1. The minimum atomic E-state index is -0.116. The van der Waals surface area contributed by atoms with Crippen LogP contribution in [0.4, 0.5) is 0 Å². The molecule has 1 heterocycles. The van der Waals surface area contributed by atoms with Crippen LogP contribution in [0.15, 0.2) is 66.9 Å². The Kier molecular flexibility index (Phi) is 3.61. The van der Waals surface area contributed by atoms with E-state index >= 15 is 0 Å². The Morgan fingerprint density at radius 3 is 2.30 bits per heavy atom. The second kappa shape index (κ2) is 5.72. The Labute approximate surface area is 118 Å². The topological polar surface area (TPSA) is 54.7 Å². The van der Waals surface area contributed by atoms with Crippen LogP contribution in [0.3, 0.4) is 0 Å². The van der Waals surface area contributed by atoms with Crippen molar-refractivity contribution in [2.75, 3.05) is 0 Å². The average molecular weight is 263 g/mol. The van der Waals surface area contributed by atoms with Gasteiger partial charge in [0.25, 0.3) is 0 Å². The van der Waals surface area contributed by atoms with Gasteiger partial charge < -0.3 is 10.7 Å². The Hall–Kier alpha value is -2.39. The molecule has 1 atom stereocenters. The predicted molar refractivity (Wildman–Crippen MR) is 81.1 cm³/mol. The zero-order chi connectivity index (χ0) is 13.8. The van der Waals surface area contributed by atoms with Crippen molar-refractivity contribution in [3.8, 4) is 11.3 Å². The molecule has 0 aliphatic heterocycles. The van der Waals surface area contributed by atoms with Crippen LogP contribution < -0.4 is 5.73 Å². The minimum Gasteiger partial charge on any atom is -0.347 e. The van der Waals surface area contributed by atoms with Gasteiger partial charge in [0, 0.05) is 11.8 Å². The van der Waals surface area contributed by atoms with Crippen molar-refractivity contribution in [2.45, 2.75) is 12.5 Å². The van der Waals surface area contributed by atoms with Crippen molar-refractivity contribution in [3.05, 3.63) is 78.2 Å². The van der Waals surface area contributed by atoms with E-state index in [-0.39, 0.29) is 6.04 Å². The molecular formula is C17H17N3. The van der Waals surface area contributed by atoms with Gasteiger partial charge in [-0.05, 0) is 12.0 Å². The molecule has 0 fully saturated rings. The third-order valence-electron chi connectivity index (χ3n) is 3.32. The Balaban J connectivity index is 1.77. The van der Waals surface area contributed by atoms with Gasteiger partial charge in [-0.2, -0.15) is 0 Å². The Morgan fingerprint density at radius 1 is 0.950 bits per heavy atom. The van der Waals surface area contributed by atoms with E-state index in [0.717, 1.165) is 23.5 Å². The van der Waals surface area contributed by atoms with Crippen molar-refractivity contribution in [3.63, 3.8) is 0 Å². The van der Waals surface area contributed by atoms with E-state index in [1.807, 2.05) is 54.7 Å². The molecule has 0 bridgehead atoms. The zero-order valence-corrected chi connectivity index (χ0v) is 11.2. The first-order valence-electron chi connectivity index (χ1n) is 6.73. The lowest BCUT2D eigenvalue weighted by Gasteiger charge is -2.08. The van der Waals surface area contributed by atoms with Crippen molar-refractivity contribution in [1.29, 1.82) is 0 Å². The quantitative estimate of drug-likeness (QED) is 0.758. The highest BCUT2D eigenvalue weighted by molar-refractivity contribution is 5.58. The molecule has 0 aliphatic rings. The number of aromatic nitrogens is 2. The second-order valence-corrected chi connectivity index (χ2v) is 4.83. The number of rotatable bonds is 4. The lowest BCUT2D eigenvalue weighted by Crippen LogP contribution is -2.14. The molecular weight excluding hydrogens is 246 g/mol. The smallest absolute Gasteiger partial charge is 0.124 e. The highest BCUT2D eigenvalue weighted by Crippen LogP contribution is 2.19. The van der Waals surface area contributed by atoms with Crippen molar-refractivity contribution in [1.82, 2.24) is 9.97 Å². The van der Waals surface area contributed by atoms with E-state index in [9.17, 15) is 0 Å². The van der Waals surface area contributed by atoms with Gasteiger partial charge in [0.15, 0.2) is 0 Å². The number of benzene rings is 2. The van der Waals surface area contributed by atoms with E-state index < -0.39 is 0 Å². The van der Waals surface area contributed by atoms with Gasteiger partial charge in [-0.3, -0.25) is 0 Å². The van der Waals surface area contributed by atoms with Gasteiger partial charge in [-0.25, -0.2) is 4.98 Å². The van der Waals surface area contributed by atoms with Crippen molar-refractivity contribution < 1.29 is 0 Å². The molecule has 3 N–H and O–H groups in total. The van der Waals surface area contributed by atoms with Crippen LogP contribution in [0.2, 0.25) is 0 Å². The van der Waals surface area contributed by atoms with Crippen LogP contribution in [-0.2, 0) is 6.42 Å². The van der Waals surface area contributed by atoms with E-state index in [1.165, 1.54) is 5.56 Å². The average Bonchev–Trinajstić information content (AvgIpc) is 2.99. The summed E-state index contributed by atoms with van der Waals surface area (Å²) in [4.78, 5) is 7.78. The fraction of sp³-hybridized carbons (Fsp3) is 0.118. The van der Waals surface area contributed by atoms with Gasteiger partial charge in [0.2, 0.25) is 0 Å². The van der Waals surface area contributed by atoms with Crippen LogP contribution in [0.5, 0.6) is 0 Å². The minimum absolute atomic E-state index is 0.116. The van der Waals surface area contributed by atoms with Crippen LogP contribution >= 0.6 is 0 Å². The predicted octanol–water partition coefficient (Wildman–Crippen LogP) is 3.32. The number of nitrogens with one attached hydrogen (secondary N) is 1. The number of nitrogens with zero attached hydrogens (tertiary/aromatic N) is 1. The molecule has 0 unspecified atom stereocenters. The molecule has 3 heteroatoms. The Bertz CT molecular complexity index is 659. The highest BCUT2D eigenvalue weighted by atomic mass is 15.0. The van der Waals surface area contributed by atoms with Crippen molar-refractivity contribution in [2.24, 2.45) is 5.73 Å². The molecule has 0 aliphatic carbocycles. The van der Waals surface area contributed by atoms with Gasteiger partial charge in [0.05, 0.1) is 11.7 Å². The van der Waals surface area contributed by atoms with Gasteiger partial charge in [-0.15, -0.1) is 0 Å². The molecule has 3 nitrogen and oxygen atoms in total. The fourth-order valence-corrected chi connectivity index (χ4v) is 2.25. The number of hydrogen-bond acceptors (Lipinski definition) is 2. The Morgan fingerprint density at radius 2 is 1.60 bits per heavy atom. The normalized spacial score (nSPS) is 12.2. The summed E-state index contributed by atoms with van der Waals surface area (Å²) in [6.07, 6.45) is 2.69. The molecule has 0 saturated heterocycles. The summed E-state index contributed by atoms with van der Waals surface area (Å²) in [5.74, 6) is 0.827. The van der Waals surface area contributed by atoms with E-state index in [4.69, 9.17) is 5.73 Å². The summed E-state index contributed by atoms with van der Waals surface area (Å²) < 4.78 is 0. The molecule has 20 heavy (non-hydrogen) atoms. The zero-order valence-electron chi connectivity index (χ0n) is 11.2. The summed E-state index contributed by atoms with van der Waals surface area (Å²) in [6, 6.07) is 20.2. The summed E-state index contributed by atoms with van der Waals surface area (Å²) >= 11 is 0. The molecule has 100 valence electrons. The monoisotopic (exact) mass is 263 g/mol. The number of aromatic amines is 1. The maximum absolute atomic E-state index is 6.22. The second-order valence-electron chi connectivity index (χ2n) is 4.83. The molecule has 1 aromatic heterocycles. The van der Waals surface area contributed by atoms with Crippen molar-refractivity contribution >= 4 is 0 Å². The molecule has 0 amide bonds. The number of imidazole rings is 1. The van der Waals surface area contributed by atoms with Crippen LogP contribution in [0.1, 0.15) is 17.4 Å². The van der Waals surface area contributed by atoms with Gasteiger partial charge in [-0.1, -0.05) is 60.7 Å². The van der Waals surface area contributed by atoms with Crippen LogP contribution in [0, 0.1) is 0 Å². The van der Waals surface area contributed by atoms with Crippen LogP contribution in [0.25, 0.3) is 11.3 Å². The molecule has 0 spiro atoms. The third-order valence-corrected chi connectivity index (χ3v) is 3.32. The van der Waals surface area contributed by atoms with Gasteiger partial charge in [0.1, 0.15) is 5.82 Å². The van der Waals surface area contributed by atoms with Gasteiger partial charge >= 0.3 is 0 Å². The molecule has 2 aromatic carbocycles. The molecule has 0 radical (unpaired) electrons. The lowest BCUT2D eigenvalue weighted by molar-refractivity contribution is 0.678. The summed E-state index contributed by atoms with van der Waals surface area (Å²) in [5, 5.41) is 0. The summed E-state index contributed by atoms with van der Waals surface area (Å²) in [5.41, 5.74) is 9.48. The number of nitrogens with two attached hydrogens (primary N) is 1. The highest BCUT2D eigenvalue weighted by Gasteiger charge is 2.11. The number of hydrogen-bond donors (Lipinski definition) is 2. The fourth-order valence-electron chi connectivity index (χ4n) is 2.25. The largest absolute Gasteiger partial charge is 0.347 e. The molecule has 3 aromatic rings. The van der Waals surface area contributed by atoms with E-state index in [2.05, 4.69) is 22.1 Å². The maximum atomic E-state index is 6.22. The van der Waals surface area contributed by atoms with Crippen LogP contribution in [-0.4, -0.2) is 9.97 Å². The third kappa shape index (κ3) is 2.78. The van der Waals surface area contributed by atoms with E-state index in [0.29, 0.717) is 0 Å². The molecule has 3 rings (SSSR count). The SMILES string of the molecule is N[C@@H](Cc1ccccc1)c1nc(-c2ccccc2)c[nH]1. The first-order valence-corrected chi connectivity index (χ1v) is 6.73. The lowest BCUT2D eigenvalue weighted by atomic mass is 10.1. The molecule has 0 saturated carbocycles. The first kappa shape index (κ1) is 12.6. The standard InChI is InChI=1S/C17H17N3/c18-15(11-13-7-3-1-4-8-13)17-19-12-16(20-17)14-9-5-2-6-10-14/h1-10,12,15H,11,18H2,(H,19,20)/t15-/m0/s1. The van der Waals surface area contributed by atoms with E-state index in [1.54, 1.807) is 0 Å². The maximum Gasteiger partial charge on any atom is 0.124 e. The summed E-state index contributed by atoms with van der Waals surface area (Å²) in [7, 11) is 0.